The van der Waals surface area contributed by atoms with Crippen LogP contribution in [0.15, 0.2) is 0 Å². The fourth-order valence-electron chi connectivity index (χ4n) is 7.11. The molecule has 4 atom stereocenters. The number of unbranched alkanes of at least 4 members (excludes halogenated alkanes) is 21. The second kappa shape index (κ2) is 39.6. The van der Waals surface area contributed by atoms with Gasteiger partial charge >= 0.3 is 11.9 Å². The minimum atomic E-state index is -0.172. The average Bonchev–Trinajstić information content (AvgIpc) is 3.18. The first-order valence-electron chi connectivity index (χ1n) is 22.4. The lowest BCUT2D eigenvalue weighted by molar-refractivity contribution is -0.145. The van der Waals surface area contributed by atoms with Crippen LogP contribution in [-0.4, -0.2) is 25.2 Å². The van der Waals surface area contributed by atoms with Crippen LogP contribution in [0.3, 0.4) is 0 Å². The van der Waals surface area contributed by atoms with E-state index in [1.54, 1.807) is 0 Å². The van der Waals surface area contributed by atoms with Crippen molar-refractivity contribution in [3.05, 3.63) is 0 Å². The molecule has 0 rings (SSSR count). The Labute approximate surface area is 331 Å². The lowest BCUT2D eigenvalue weighted by Gasteiger charge is -2.15. The zero-order chi connectivity index (χ0) is 39.7. The second-order valence-corrected chi connectivity index (χ2v) is 15.5. The van der Waals surface area contributed by atoms with Gasteiger partial charge in [-0.15, -0.1) is 0 Å². The molecule has 4 unspecified atom stereocenters. The predicted molar refractivity (Wildman–Crippen MR) is 217 cm³/mol. The lowest BCUT2D eigenvalue weighted by Crippen LogP contribution is -2.11. The number of ether oxygens (including phenoxy) is 2. The van der Waals surface area contributed by atoms with Crippen molar-refractivity contribution in [1.82, 2.24) is 0 Å². The summed E-state index contributed by atoms with van der Waals surface area (Å²) in [6.45, 7) is 5.28. The Kier molecular flexibility index (Phi) is 37.3. The molecule has 0 aliphatic heterocycles. The van der Waals surface area contributed by atoms with Gasteiger partial charge in [0, 0.05) is 12.8 Å². The molecule has 0 saturated carbocycles. The predicted octanol–water partition coefficient (Wildman–Crippen LogP) is 13.2. The van der Waals surface area contributed by atoms with Crippen LogP contribution < -0.4 is 0 Å². The fraction of sp³-hybridized carbons (Fsp3) is 0.870. The van der Waals surface area contributed by atoms with Crippen molar-refractivity contribution in [3.63, 3.8) is 0 Å². The van der Waals surface area contributed by atoms with Crippen LogP contribution in [0.1, 0.15) is 219 Å². The standard InChI is InChI=1S/C46H78N4O4/c1-3-5-7-9-13-21-29-41(37-47)43(39-49)31-23-15-11-17-25-33-45(51)53-35-27-19-20-28-36-54-46(52)34-26-18-12-16-24-32-44(40-50)42(38-48)30-22-14-10-8-6-4-2/h41-44H,3-36H2,1-2H3. The van der Waals surface area contributed by atoms with Crippen LogP contribution in [0.2, 0.25) is 0 Å². The van der Waals surface area contributed by atoms with E-state index >= 15 is 0 Å². The molecule has 0 aliphatic carbocycles. The van der Waals surface area contributed by atoms with E-state index in [4.69, 9.17) is 9.47 Å². The fourth-order valence-corrected chi connectivity index (χ4v) is 7.11. The molecule has 0 radical (unpaired) electrons. The molecule has 0 N–H and O–H groups in total. The van der Waals surface area contributed by atoms with Crippen molar-refractivity contribution < 1.29 is 19.1 Å². The first kappa shape index (κ1) is 50.9. The maximum atomic E-state index is 12.1. The molecule has 0 aliphatic rings. The van der Waals surface area contributed by atoms with Gasteiger partial charge < -0.3 is 9.47 Å². The second-order valence-electron chi connectivity index (χ2n) is 15.5. The summed E-state index contributed by atoms with van der Waals surface area (Å²) in [7, 11) is 0. The van der Waals surface area contributed by atoms with Gasteiger partial charge in [-0.1, -0.05) is 142 Å². The zero-order valence-corrected chi connectivity index (χ0v) is 34.8. The van der Waals surface area contributed by atoms with E-state index in [1.807, 2.05) is 0 Å². The van der Waals surface area contributed by atoms with E-state index in [0.29, 0.717) is 26.1 Å². The summed E-state index contributed by atoms with van der Waals surface area (Å²) >= 11 is 0. The normalized spacial score (nSPS) is 13.1. The number of esters is 2. The van der Waals surface area contributed by atoms with E-state index in [0.717, 1.165) is 141 Å². The Morgan fingerprint density at radius 3 is 0.889 bits per heavy atom. The molecule has 0 fully saturated rings. The Hall–Kier alpha value is -3.10. The van der Waals surface area contributed by atoms with E-state index in [1.165, 1.54) is 51.4 Å². The number of hydrogen-bond donors (Lipinski definition) is 0. The highest BCUT2D eigenvalue weighted by molar-refractivity contribution is 5.69. The smallest absolute Gasteiger partial charge is 0.305 e. The minimum absolute atomic E-state index is 0.141. The van der Waals surface area contributed by atoms with Crippen molar-refractivity contribution >= 4 is 11.9 Å². The third kappa shape index (κ3) is 31.3. The summed E-state index contributed by atoms with van der Waals surface area (Å²) < 4.78 is 10.8. The van der Waals surface area contributed by atoms with Gasteiger partial charge in [-0.25, -0.2) is 0 Å². The van der Waals surface area contributed by atoms with Crippen LogP contribution in [0.25, 0.3) is 0 Å². The average molecular weight is 751 g/mol. The first-order chi connectivity index (χ1) is 26.5. The maximum absolute atomic E-state index is 12.1. The number of carbonyl (C=O) groups excluding carboxylic acids is 2. The highest BCUT2D eigenvalue weighted by Crippen LogP contribution is 2.26. The molecule has 0 spiro atoms. The van der Waals surface area contributed by atoms with Gasteiger partial charge in [-0.3, -0.25) is 9.59 Å². The Morgan fingerprint density at radius 2 is 0.611 bits per heavy atom. The van der Waals surface area contributed by atoms with Crippen molar-refractivity contribution in [2.24, 2.45) is 23.7 Å². The summed E-state index contributed by atoms with van der Waals surface area (Å²) in [5.74, 6) is -0.936. The molecule has 8 heteroatoms. The van der Waals surface area contributed by atoms with Crippen LogP contribution in [0.5, 0.6) is 0 Å². The number of carbonyl (C=O) groups is 2. The van der Waals surface area contributed by atoms with Crippen molar-refractivity contribution in [2.45, 2.75) is 219 Å². The van der Waals surface area contributed by atoms with Gasteiger partial charge in [0.05, 0.1) is 61.2 Å². The van der Waals surface area contributed by atoms with Gasteiger partial charge in [0.1, 0.15) is 0 Å². The SMILES string of the molecule is CCCCCCCCC(C#N)C(C#N)CCCCCCCC(=O)OCCCCCCOC(=O)CCCCCCCC(C#N)C(C#N)CCCCCCCC. The van der Waals surface area contributed by atoms with Gasteiger partial charge in [-0.05, 0) is 64.2 Å². The van der Waals surface area contributed by atoms with Crippen molar-refractivity contribution in [1.29, 1.82) is 21.0 Å². The summed E-state index contributed by atoms with van der Waals surface area (Å²) in [4.78, 5) is 24.1. The minimum Gasteiger partial charge on any atom is -0.466 e. The molecule has 54 heavy (non-hydrogen) atoms. The first-order valence-corrected chi connectivity index (χ1v) is 22.4. The molecular formula is C46H78N4O4. The Bertz CT molecular complexity index is 985. The molecule has 0 saturated heterocycles. The molecule has 0 amide bonds. The van der Waals surface area contributed by atoms with Gasteiger partial charge in [0.2, 0.25) is 0 Å². The van der Waals surface area contributed by atoms with Gasteiger partial charge in [0.25, 0.3) is 0 Å². The summed E-state index contributed by atoms with van der Waals surface area (Å²) in [6, 6.07) is 9.55. The molecule has 0 heterocycles. The molecule has 0 aromatic carbocycles. The molecule has 8 nitrogen and oxygen atoms in total. The van der Waals surface area contributed by atoms with Crippen molar-refractivity contribution in [3.8, 4) is 24.3 Å². The molecule has 0 aromatic rings. The van der Waals surface area contributed by atoms with E-state index < -0.39 is 0 Å². The van der Waals surface area contributed by atoms with Gasteiger partial charge in [-0.2, -0.15) is 21.0 Å². The highest BCUT2D eigenvalue weighted by Gasteiger charge is 2.21. The quantitative estimate of drug-likeness (QED) is 0.0445. The van der Waals surface area contributed by atoms with E-state index in [-0.39, 0.29) is 35.6 Å². The van der Waals surface area contributed by atoms with E-state index in [2.05, 4.69) is 38.1 Å². The van der Waals surface area contributed by atoms with Crippen LogP contribution in [-0.2, 0) is 19.1 Å². The molecule has 0 aromatic heterocycles. The Balaban J connectivity index is 3.69. The number of hydrogen-bond acceptors (Lipinski definition) is 8. The van der Waals surface area contributed by atoms with Crippen LogP contribution >= 0.6 is 0 Å². The largest absolute Gasteiger partial charge is 0.466 e. The summed E-state index contributed by atoms with van der Waals surface area (Å²) in [5.41, 5.74) is 0. The molecule has 0 bridgehead atoms. The lowest BCUT2D eigenvalue weighted by atomic mass is 9.86. The summed E-state index contributed by atoms with van der Waals surface area (Å²) in [6.07, 6.45) is 31.6. The van der Waals surface area contributed by atoms with Crippen LogP contribution in [0, 0.1) is 69.0 Å². The summed E-state index contributed by atoms with van der Waals surface area (Å²) in [5, 5.41) is 38.3. The number of nitriles is 4. The highest BCUT2D eigenvalue weighted by atomic mass is 16.5. The zero-order valence-electron chi connectivity index (χ0n) is 34.8. The van der Waals surface area contributed by atoms with Gasteiger partial charge in [0.15, 0.2) is 0 Å². The molecule has 306 valence electrons. The number of nitrogens with zero attached hydrogens (tertiary/aromatic N) is 4. The van der Waals surface area contributed by atoms with Crippen molar-refractivity contribution in [2.75, 3.05) is 13.2 Å². The topological polar surface area (TPSA) is 148 Å². The monoisotopic (exact) mass is 751 g/mol. The van der Waals surface area contributed by atoms with E-state index in [9.17, 15) is 30.6 Å². The third-order valence-corrected chi connectivity index (χ3v) is 10.7. The Morgan fingerprint density at radius 1 is 0.370 bits per heavy atom. The van der Waals surface area contributed by atoms with Crippen LogP contribution in [0.4, 0.5) is 0 Å². The maximum Gasteiger partial charge on any atom is 0.305 e. The number of rotatable bonds is 39. The molecular weight excluding hydrogens is 673 g/mol. The third-order valence-electron chi connectivity index (χ3n) is 10.7.